The molecular weight excluding hydrogens is 350 g/mol. The van der Waals surface area contributed by atoms with E-state index >= 15 is 0 Å². The summed E-state index contributed by atoms with van der Waals surface area (Å²) >= 11 is 0. The highest BCUT2D eigenvalue weighted by molar-refractivity contribution is 7.89. The molecule has 0 aliphatic heterocycles. The molecule has 0 saturated carbocycles. The molecular formula is C19H21N3O3S. The molecule has 1 unspecified atom stereocenters. The summed E-state index contributed by atoms with van der Waals surface area (Å²) in [5.74, 6) is -0.00590. The number of nitrogens with zero attached hydrogens (tertiary/aromatic N) is 1. The molecule has 3 aromatic rings. The van der Waals surface area contributed by atoms with Crippen molar-refractivity contribution in [3.8, 4) is 0 Å². The van der Waals surface area contributed by atoms with Crippen LogP contribution in [-0.2, 0) is 16.6 Å². The van der Waals surface area contributed by atoms with Gasteiger partial charge in [0.1, 0.15) is 0 Å². The Morgan fingerprint density at radius 2 is 1.81 bits per heavy atom. The van der Waals surface area contributed by atoms with Gasteiger partial charge in [-0.15, -0.1) is 0 Å². The van der Waals surface area contributed by atoms with E-state index in [-0.39, 0.29) is 16.7 Å². The van der Waals surface area contributed by atoms with Crippen LogP contribution in [0.2, 0.25) is 0 Å². The van der Waals surface area contributed by atoms with E-state index in [0.717, 1.165) is 6.54 Å². The second kappa shape index (κ2) is 7.31. The Kier molecular flexibility index (Phi) is 5.11. The highest BCUT2D eigenvalue weighted by Gasteiger charge is 2.12. The average Bonchev–Trinajstić information content (AvgIpc) is 3.02. The van der Waals surface area contributed by atoms with Crippen molar-refractivity contribution in [2.24, 2.45) is 11.1 Å². The van der Waals surface area contributed by atoms with Crippen molar-refractivity contribution in [2.45, 2.75) is 18.4 Å². The Morgan fingerprint density at radius 3 is 2.50 bits per heavy atom. The number of para-hydroxylation sites is 1. The van der Waals surface area contributed by atoms with E-state index in [4.69, 9.17) is 5.14 Å². The van der Waals surface area contributed by atoms with E-state index in [0.29, 0.717) is 12.1 Å². The zero-order valence-electron chi connectivity index (χ0n) is 14.4. The SMILES string of the molecule is CC(CNC(=O)c1ccc(S(N)(=O)=O)cc1)Cn1ccc2ccccc21. The van der Waals surface area contributed by atoms with Crippen LogP contribution in [0.4, 0.5) is 0 Å². The maximum Gasteiger partial charge on any atom is 0.251 e. The van der Waals surface area contributed by atoms with E-state index < -0.39 is 10.0 Å². The number of amides is 1. The predicted molar refractivity (Wildman–Crippen MR) is 101 cm³/mol. The Balaban J connectivity index is 1.58. The minimum atomic E-state index is -3.75. The number of rotatable bonds is 6. The fourth-order valence-corrected chi connectivity index (χ4v) is 3.38. The van der Waals surface area contributed by atoms with Crippen molar-refractivity contribution in [1.82, 2.24) is 9.88 Å². The van der Waals surface area contributed by atoms with Gasteiger partial charge in [0.15, 0.2) is 0 Å². The normalized spacial score (nSPS) is 12.8. The van der Waals surface area contributed by atoms with Crippen molar-refractivity contribution in [1.29, 1.82) is 0 Å². The minimum Gasteiger partial charge on any atom is -0.352 e. The summed E-state index contributed by atoms with van der Waals surface area (Å²) in [5.41, 5.74) is 1.57. The summed E-state index contributed by atoms with van der Waals surface area (Å²) in [6.45, 7) is 3.37. The second-order valence-electron chi connectivity index (χ2n) is 6.41. The van der Waals surface area contributed by atoms with Gasteiger partial charge in [0, 0.05) is 30.4 Å². The number of nitrogens with one attached hydrogen (secondary N) is 1. The van der Waals surface area contributed by atoms with Gasteiger partial charge in [-0.2, -0.15) is 0 Å². The third-order valence-electron chi connectivity index (χ3n) is 4.24. The molecule has 136 valence electrons. The molecule has 7 heteroatoms. The Hall–Kier alpha value is -2.64. The molecule has 1 amide bonds. The lowest BCUT2D eigenvalue weighted by Gasteiger charge is -2.15. The Morgan fingerprint density at radius 1 is 1.12 bits per heavy atom. The van der Waals surface area contributed by atoms with E-state index in [1.807, 2.05) is 12.1 Å². The number of carbonyl (C=O) groups excluding carboxylic acids is 1. The first kappa shape index (κ1) is 18.2. The van der Waals surface area contributed by atoms with Gasteiger partial charge in [0.25, 0.3) is 5.91 Å². The Bertz CT molecular complexity index is 1020. The van der Waals surface area contributed by atoms with Crippen molar-refractivity contribution < 1.29 is 13.2 Å². The molecule has 6 nitrogen and oxygen atoms in total. The van der Waals surface area contributed by atoms with Crippen molar-refractivity contribution in [2.75, 3.05) is 6.54 Å². The van der Waals surface area contributed by atoms with Gasteiger partial charge in [-0.05, 0) is 47.7 Å². The number of aromatic nitrogens is 1. The predicted octanol–water partition coefficient (Wildman–Crippen LogP) is 2.35. The number of benzene rings is 2. The third kappa shape index (κ3) is 4.12. The van der Waals surface area contributed by atoms with Crippen LogP contribution in [0.1, 0.15) is 17.3 Å². The fraction of sp³-hybridized carbons (Fsp3) is 0.211. The summed E-state index contributed by atoms with van der Waals surface area (Å²) in [6.07, 6.45) is 2.05. The van der Waals surface area contributed by atoms with Gasteiger partial charge >= 0.3 is 0 Å². The molecule has 3 rings (SSSR count). The molecule has 1 atom stereocenters. The number of primary sulfonamides is 1. The topological polar surface area (TPSA) is 94.2 Å². The molecule has 0 radical (unpaired) electrons. The summed E-state index contributed by atoms with van der Waals surface area (Å²) in [7, 11) is -3.75. The van der Waals surface area contributed by atoms with Gasteiger partial charge in [-0.25, -0.2) is 13.6 Å². The summed E-state index contributed by atoms with van der Waals surface area (Å²) in [4.78, 5) is 12.2. The number of hydrogen-bond acceptors (Lipinski definition) is 3. The lowest BCUT2D eigenvalue weighted by atomic mass is 10.1. The van der Waals surface area contributed by atoms with Gasteiger partial charge in [-0.1, -0.05) is 25.1 Å². The largest absolute Gasteiger partial charge is 0.352 e. The standard InChI is InChI=1S/C19H21N3O3S/c1-14(13-22-11-10-15-4-2-3-5-18(15)22)12-21-19(23)16-6-8-17(9-7-16)26(20,24)25/h2-11,14H,12-13H2,1H3,(H,21,23)(H2,20,24,25). The molecule has 0 aliphatic carbocycles. The van der Waals surface area contributed by atoms with Crippen molar-refractivity contribution in [3.63, 3.8) is 0 Å². The number of carbonyl (C=O) groups is 1. The molecule has 1 heterocycles. The molecule has 0 spiro atoms. The monoisotopic (exact) mass is 371 g/mol. The van der Waals surface area contributed by atoms with E-state index in [1.165, 1.54) is 35.2 Å². The van der Waals surface area contributed by atoms with Gasteiger partial charge in [0.05, 0.1) is 4.90 Å². The molecule has 2 aromatic carbocycles. The Labute approximate surface area is 152 Å². The zero-order chi connectivity index (χ0) is 18.7. The molecule has 0 aliphatic rings. The highest BCUT2D eigenvalue weighted by atomic mass is 32.2. The van der Waals surface area contributed by atoms with Crippen molar-refractivity contribution >= 4 is 26.8 Å². The van der Waals surface area contributed by atoms with Crippen LogP contribution in [0.3, 0.4) is 0 Å². The number of sulfonamides is 1. The molecule has 3 N–H and O–H groups in total. The molecule has 0 bridgehead atoms. The number of hydrogen-bond donors (Lipinski definition) is 2. The highest BCUT2D eigenvalue weighted by Crippen LogP contribution is 2.16. The van der Waals surface area contributed by atoms with E-state index in [1.54, 1.807) is 0 Å². The van der Waals surface area contributed by atoms with Crippen LogP contribution in [0.25, 0.3) is 10.9 Å². The van der Waals surface area contributed by atoms with Crippen LogP contribution in [-0.4, -0.2) is 25.4 Å². The van der Waals surface area contributed by atoms with Gasteiger partial charge in [-0.3, -0.25) is 4.79 Å². The average molecular weight is 371 g/mol. The summed E-state index contributed by atoms with van der Waals surface area (Å²) in [6, 6.07) is 15.8. The van der Waals surface area contributed by atoms with Crippen molar-refractivity contribution in [3.05, 3.63) is 66.4 Å². The lowest BCUT2D eigenvalue weighted by molar-refractivity contribution is 0.0947. The maximum absolute atomic E-state index is 12.2. The first-order valence-corrected chi connectivity index (χ1v) is 9.84. The van der Waals surface area contributed by atoms with Gasteiger partial charge < -0.3 is 9.88 Å². The van der Waals surface area contributed by atoms with Gasteiger partial charge in [0.2, 0.25) is 10.0 Å². The second-order valence-corrected chi connectivity index (χ2v) is 7.97. The zero-order valence-corrected chi connectivity index (χ0v) is 15.2. The first-order chi connectivity index (χ1) is 12.3. The third-order valence-corrected chi connectivity index (χ3v) is 5.17. The number of nitrogens with two attached hydrogens (primary N) is 1. The van der Waals surface area contributed by atoms with Crippen LogP contribution >= 0.6 is 0 Å². The van der Waals surface area contributed by atoms with Crippen LogP contribution in [0.15, 0.2) is 65.7 Å². The van der Waals surface area contributed by atoms with Crippen LogP contribution in [0, 0.1) is 5.92 Å². The molecule has 1 aromatic heterocycles. The smallest absolute Gasteiger partial charge is 0.251 e. The molecule has 26 heavy (non-hydrogen) atoms. The number of fused-ring (bicyclic) bond motifs is 1. The van der Waals surface area contributed by atoms with E-state index in [9.17, 15) is 13.2 Å². The quantitative estimate of drug-likeness (QED) is 0.696. The minimum absolute atomic E-state index is 0.0121. The molecule has 0 fully saturated rings. The maximum atomic E-state index is 12.2. The fourth-order valence-electron chi connectivity index (χ4n) is 2.87. The van der Waals surface area contributed by atoms with E-state index in [2.05, 4.69) is 41.2 Å². The van der Waals surface area contributed by atoms with Crippen LogP contribution in [0.5, 0.6) is 0 Å². The first-order valence-electron chi connectivity index (χ1n) is 8.29. The summed E-state index contributed by atoms with van der Waals surface area (Å²) < 4.78 is 24.7. The summed E-state index contributed by atoms with van der Waals surface area (Å²) in [5, 5.41) is 9.13. The van der Waals surface area contributed by atoms with Crippen LogP contribution < -0.4 is 10.5 Å². The lowest BCUT2D eigenvalue weighted by Crippen LogP contribution is -2.30. The molecule has 0 saturated heterocycles.